The molecule has 0 radical (unpaired) electrons. The third kappa shape index (κ3) is 4.72. The zero-order valence-corrected chi connectivity index (χ0v) is 32.1. The van der Waals surface area contributed by atoms with Gasteiger partial charge >= 0.3 is 0 Å². The van der Waals surface area contributed by atoms with E-state index >= 15 is 8.78 Å². The number of allylic oxidation sites excluding steroid dienone is 8. The maximum Gasteiger partial charge on any atom is 0.192 e. The van der Waals surface area contributed by atoms with Crippen LogP contribution in [0, 0.1) is 45.3 Å². The van der Waals surface area contributed by atoms with Crippen molar-refractivity contribution in [1.82, 2.24) is 0 Å². The second-order valence-electron chi connectivity index (χ2n) is 18.7. The van der Waals surface area contributed by atoms with Gasteiger partial charge < -0.3 is 40.9 Å². The molecule has 0 spiro atoms. The monoisotopic (exact) mass is 788 g/mol. The Morgan fingerprint density at radius 3 is 1.29 bits per heavy atom. The Bertz CT molecular complexity index is 1750. The van der Waals surface area contributed by atoms with E-state index in [1.54, 1.807) is 27.7 Å². The Labute approximate surface area is 323 Å². The summed E-state index contributed by atoms with van der Waals surface area (Å²) in [4.78, 5) is 48.4. The fraction of sp³-hybridized carbons (Fsp3) is 0.714. The van der Waals surface area contributed by atoms with Crippen molar-refractivity contribution in [3.05, 3.63) is 47.6 Å². The highest BCUT2D eigenvalue weighted by Gasteiger charge is 2.78. The normalized spacial score (nSPS) is 52.5. The molecule has 0 aromatic rings. The molecule has 56 heavy (non-hydrogen) atoms. The lowest BCUT2D eigenvalue weighted by Crippen LogP contribution is -2.69. The average molecular weight is 789 g/mol. The van der Waals surface area contributed by atoms with E-state index in [0.29, 0.717) is 36.8 Å². The predicted molar refractivity (Wildman–Crippen MR) is 194 cm³/mol. The Balaban J connectivity index is 0.000000172. The average Bonchev–Trinajstić information content (AvgIpc) is 3.48. The molecule has 16 atom stereocenters. The van der Waals surface area contributed by atoms with E-state index in [4.69, 9.17) is 0 Å². The summed E-state index contributed by atoms with van der Waals surface area (Å²) in [6.07, 6.45) is 3.86. The molecular formula is C42H54F2O12. The molecule has 0 amide bonds. The molecule has 6 saturated carbocycles. The molecule has 8 rings (SSSR count). The number of aliphatic hydroxyl groups excluding tert-OH is 6. The van der Waals surface area contributed by atoms with E-state index in [0.717, 1.165) is 0 Å². The molecule has 0 aromatic heterocycles. The van der Waals surface area contributed by atoms with Crippen molar-refractivity contribution in [1.29, 1.82) is 0 Å². The van der Waals surface area contributed by atoms with Crippen LogP contribution in [0.15, 0.2) is 47.6 Å². The smallest absolute Gasteiger partial charge is 0.192 e. The van der Waals surface area contributed by atoms with E-state index in [2.05, 4.69) is 0 Å². The van der Waals surface area contributed by atoms with Crippen LogP contribution in [-0.4, -0.2) is 124 Å². The maximum absolute atomic E-state index is 16.8. The van der Waals surface area contributed by atoms with Gasteiger partial charge in [0.15, 0.2) is 45.7 Å². The molecule has 0 heterocycles. The number of ketones is 4. The summed E-state index contributed by atoms with van der Waals surface area (Å²) in [5.41, 5.74) is -12.2. The third-order valence-electron chi connectivity index (χ3n) is 16.9. The van der Waals surface area contributed by atoms with Crippen molar-refractivity contribution in [2.45, 2.75) is 126 Å². The Kier molecular flexibility index (Phi) is 9.48. The second kappa shape index (κ2) is 12.8. The fourth-order valence-corrected chi connectivity index (χ4v) is 13.7. The van der Waals surface area contributed by atoms with Crippen LogP contribution in [-0.2, 0) is 19.2 Å². The number of halogens is 2. The quantitative estimate of drug-likeness (QED) is 0.201. The lowest BCUT2D eigenvalue weighted by atomic mass is 9.44. The minimum Gasteiger partial charge on any atom is -0.390 e. The van der Waals surface area contributed by atoms with Gasteiger partial charge in [0.25, 0.3) is 0 Å². The van der Waals surface area contributed by atoms with Gasteiger partial charge in [-0.3, -0.25) is 19.2 Å². The van der Waals surface area contributed by atoms with Gasteiger partial charge in [0.1, 0.15) is 13.2 Å². The standard InChI is InChI=1S/2C21H27FO6/c2*1-18-6-5-12(24)7-11(18)3-4-13-14-8-15(25)21(28,17(27)10-23)19(14,2)9-16(26)20(13,18)22/h2*5-7,13-16,23,25-26,28H,3-4,8-10H2,1-2H3/t13-,14-,15+,16+,18-,19-,20-,21-;13-,14-,15+,16-,18-,19-,20-,21-/m00/s1. The van der Waals surface area contributed by atoms with E-state index in [9.17, 15) is 60.0 Å². The van der Waals surface area contributed by atoms with Crippen molar-refractivity contribution >= 4 is 23.1 Å². The summed E-state index contributed by atoms with van der Waals surface area (Å²) in [5, 5.41) is 84.2. The molecule has 0 aromatic carbocycles. The lowest BCUT2D eigenvalue weighted by Gasteiger charge is -2.62. The van der Waals surface area contributed by atoms with Crippen LogP contribution in [0.4, 0.5) is 8.78 Å². The number of carbonyl (C=O) groups is 4. The number of alkyl halides is 2. The number of carbonyl (C=O) groups excluding carboxylic acids is 4. The van der Waals surface area contributed by atoms with E-state index in [1.807, 2.05) is 0 Å². The van der Waals surface area contributed by atoms with Gasteiger partial charge in [-0.2, -0.15) is 0 Å². The molecule has 12 nitrogen and oxygen atoms in total. The summed E-state index contributed by atoms with van der Waals surface area (Å²) in [5.74, 6) is -4.76. The first-order valence-electron chi connectivity index (χ1n) is 19.6. The van der Waals surface area contributed by atoms with Crippen LogP contribution < -0.4 is 0 Å². The van der Waals surface area contributed by atoms with Gasteiger partial charge in [-0.15, -0.1) is 0 Å². The van der Waals surface area contributed by atoms with Crippen LogP contribution in [0.2, 0.25) is 0 Å². The second-order valence-corrected chi connectivity index (χ2v) is 18.7. The van der Waals surface area contributed by atoms with Gasteiger partial charge in [0.2, 0.25) is 0 Å². The van der Waals surface area contributed by atoms with E-state index in [-0.39, 0.29) is 37.2 Å². The zero-order chi connectivity index (χ0) is 41.4. The molecule has 14 heteroatoms. The van der Waals surface area contributed by atoms with Crippen molar-refractivity contribution in [3.63, 3.8) is 0 Å². The molecule has 0 unspecified atom stereocenters. The number of fused-ring (bicyclic) bond motifs is 10. The zero-order valence-electron chi connectivity index (χ0n) is 32.1. The van der Waals surface area contributed by atoms with Gasteiger partial charge in [-0.05, 0) is 101 Å². The van der Waals surface area contributed by atoms with Crippen molar-refractivity contribution < 1.29 is 68.8 Å². The van der Waals surface area contributed by atoms with E-state index < -0.39 is 117 Å². The Morgan fingerprint density at radius 1 is 0.625 bits per heavy atom. The van der Waals surface area contributed by atoms with Gasteiger partial charge in [0.05, 0.1) is 24.4 Å². The molecule has 308 valence electrons. The first-order chi connectivity index (χ1) is 25.9. The first-order valence-corrected chi connectivity index (χ1v) is 19.6. The topological polar surface area (TPSA) is 230 Å². The number of Topliss-reactive ketones (excluding diaryl/α,β-unsaturated/α-hetero) is 2. The summed E-state index contributed by atoms with van der Waals surface area (Å²) in [7, 11) is 0. The molecule has 8 N–H and O–H groups in total. The molecule has 0 bridgehead atoms. The van der Waals surface area contributed by atoms with Gasteiger partial charge in [-0.1, -0.05) is 37.1 Å². The van der Waals surface area contributed by atoms with E-state index in [1.165, 1.54) is 36.5 Å². The Morgan fingerprint density at radius 2 is 0.964 bits per heavy atom. The SMILES string of the molecule is C[C@]12C=CC(=O)C=C1CC[C@H]1[C@@H]3C[C@@H](O)[C@](O)(C(=O)CO)[C@@]3(C)C[C@@H](O)[C@@]12F.C[C@]12C=CC(=O)C=C1CC[C@H]1[C@@H]3C[C@@H](O)[C@](O)(C(=O)CO)[C@@]3(C)C[C@H](O)[C@@]12F. The van der Waals surface area contributed by atoms with Crippen molar-refractivity contribution in [3.8, 4) is 0 Å². The minimum absolute atomic E-state index is 0.0135. The summed E-state index contributed by atoms with van der Waals surface area (Å²) in [6, 6.07) is 0. The largest absolute Gasteiger partial charge is 0.390 e. The maximum atomic E-state index is 16.8. The highest BCUT2D eigenvalue weighted by molar-refractivity contribution is 6.02. The van der Waals surface area contributed by atoms with Crippen LogP contribution in [0.25, 0.3) is 0 Å². The molecular weight excluding hydrogens is 734 g/mol. The van der Waals surface area contributed by atoms with Gasteiger partial charge in [-0.25, -0.2) is 8.78 Å². The van der Waals surface area contributed by atoms with Crippen LogP contribution in [0.3, 0.4) is 0 Å². The molecule has 6 fully saturated rings. The lowest BCUT2D eigenvalue weighted by molar-refractivity contribution is -0.222. The summed E-state index contributed by atoms with van der Waals surface area (Å²) < 4.78 is 33.6. The molecule has 8 aliphatic carbocycles. The number of hydrogen-bond donors (Lipinski definition) is 8. The third-order valence-corrected chi connectivity index (χ3v) is 16.9. The summed E-state index contributed by atoms with van der Waals surface area (Å²) in [6.45, 7) is 4.67. The minimum atomic E-state index is -2.23. The van der Waals surface area contributed by atoms with Crippen LogP contribution in [0.1, 0.15) is 79.1 Å². The summed E-state index contributed by atoms with van der Waals surface area (Å²) >= 11 is 0. The highest BCUT2D eigenvalue weighted by Crippen LogP contribution is 2.71. The fourth-order valence-electron chi connectivity index (χ4n) is 13.7. The first kappa shape index (κ1) is 41.3. The molecule has 0 aliphatic heterocycles. The van der Waals surface area contributed by atoms with Crippen LogP contribution >= 0.6 is 0 Å². The number of rotatable bonds is 4. The highest BCUT2D eigenvalue weighted by atomic mass is 19.1. The Hall–Kier alpha value is -2.82. The number of aliphatic hydroxyl groups is 8. The molecule has 0 saturated heterocycles. The van der Waals surface area contributed by atoms with Crippen molar-refractivity contribution in [2.24, 2.45) is 45.3 Å². The van der Waals surface area contributed by atoms with Gasteiger partial charge in [0, 0.05) is 33.5 Å². The van der Waals surface area contributed by atoms with Crippen LogP contribution in [0.5, 0.6) is 0 Å². The number of hydrogen-bond acceptors (Lipinski definition) is 12. The van der Waals surface area contributed by atoms with Crippen molar-refractivity contribution in [2.75, 3.05) is 13.2 Å². The molecule has 8 aliphatic rings. The predicted octanol–water partition coefficient (Wildman–Crippen LogP) is 1.24.